The largest absolute Gasteiger partial charge is 0.464 e. The first-order chi connectivity index (χ1) is 11.2. The fourth-order valence-corrected chi connectivity index (χ4v) is 2.85. The maximum atomic E-state index is 13.5. The van der Waals surface area contributed by atoms with Gasteiger partial charge in [-0.15, -0.1) is 0 Å². The van der Waals surface area contributed by atoms with Crippen molar-refractivity contribution in [1.29, 1.82) is 0 Å². The molecule has 1 fully saturated rings. The van der Waals surface area contributed by atoms with Gasteiger partial charge in [-0.1, -0.05) is 15.9 Å². The number of carbonyl (C=O) groups excluding carboxylic acids is 1. The van der Waals surface area contributed by atoms with Crippen LogP contribution in [0.4, 0.5) is 18.9 Å². The first-order valence-corrected chi connectivity index (χ1v) is 8.09. The number of alkyl halides is 3. The lowest BCUT2D eigenvalue weighted by Crippen LogP contribution is -2.61. The van der Waals surface area contributed by atoms with Crippen LogP contribution < -0.4 is 5.32 Å². The lowest BCUT2D eigenvalue weighted by molar-refractivity contribution is -0.281. The van der Waals surface area contributed by atoms with Crippen molar-refractivity contribution < 1.29 is 32.5 Å². The molecule has 0 amide bonds. The average Bonchev–Trinajstić information content (AvgIpc) is 2.96. The van der Waals surface area contributed by atoms with E-state index in [1.54, 1.807) is 24.3 Å². The molecule has 1 heterocycles. The smallest absolute Gasteiger partial charge is 0.428 e. The first kappa shape index (κ1) is 19.0. The molecule has 0 aliphatic carbocycles. The molecule has 1 aliphatic heterocycles. The molecule has 0 unspecified atom stereocenters. The van der Waals surface area contributed by atoms with Crippen LogP contribution in [0.5, 0.6) is 0 Å². The van der Waals surface area contributed by atoms with Gasteiger partial charge in [-0.3, -0.25) is 0 Å². The summed E-state index contributed by atoms with van der Waals surface area (Å²) >= 11 is 3.26. The average molecular weight is 412 g/mol. The molecule has 3 atom stereocenters. The van der Waals surface area contributed by atoms with Crippen molar-refractivity contribution in [3.8, 4) is 0 Å². The normalized spacial score (nSPS) is 23.6. The van der Waals surface area contributed by atoms with Crippen molar-refractivity contribution in [2.75, 3.05) is 18.5 Å². The minimum atomic E-state index is -5.18. The van der Waals surface area contributed by atoms with Crippen molar-refractivity contribution in [1.82, 2.24) is 0 Å². The lowest BCUT2D eigenvalue weighted by atomic mass is 9.84. The van der Waals surface area contributed by atoms with Crippen LogP contribution >= 0.6 is 15.9 Å². The van der Waals surface area contributed by atoms with Crippen LogP contribution in [-0.4, -0.2) is 42.3 Å². The van der Waals surface area contributed by atoms with Crippen LogP contribution in [0.1, 0.15) is 13.3 Å². The van der Waals surface area contributed by atoms with E-state index in [1.807, 2.05) is 0 Å². The quantitative estimate of drug-likeness (QED) is 0.728. The molecule has 1 aliphatic rings. The Kier molecular flexibility index (Phi) is 5.77. The van der Waals surface area contributed by atoms with E-state index in [2.05, 4.69) is 26.0 Å². The number of carbonyl (C=O) groups is 1. The van der Waals surface area contributed by atoms with Crippen LogP contribution in [0.2, 0.25) is 0 Å². The van der Waals surface area contributed by atoms with Crippen LogP contribution in [0.3, 0.4) is 0 Å². The van der Waals surface area contributed by atoms with Gasteiger partial charge in [0.1, 0.15) is 6.23 Å². The van der Waals surface area contributed by atoms with Crippen LogP contribution in [0.25, 0.3) is 0 Å². The molecule has 0 spiro atoms. The van der Waals surface area contributed by atoms with Gasteiger partial charge in [-0.25, -0.2) is 4.79 Å². The zero-order valence-electron chi connectivity index (χ0n) is 12.8. The molecule has 1 saturated heterocycles. The highest BCUT2D eigenvalue weighted by molar-refractivity contribution is 9.10. The van der Waals surface area contributed by atoms with E-state index >= 15 is 0 Å². The molecule has 0 bridgehead atoms. The molecule has 2 rings (SSSR count). The van der Waals surface area contributed by atoms with Crippen LogP contribution in [0, 0.1) is 5.92 Å². The molecule has 1 aromatic rings. The van der Waals surface area contributed by atoms with E-state index in [4.69, 9.17) is 4.74 Å². The molecule has 0 radical (unpaired) electrons. The first-order valence-electron chi connectivity index (χ1n) is 7.30. The van der Waals surface area contributed by atoms with Gasteiger partial charge in [-0.2, -0.15) is 13.2 Å². The molecule has 1 aromatic carbocycles. The van der Waals surface area contributed by atoms with Gasteiger partial charge in [0.2, 0.25) is 0 Å². The van der Waals surface area contributed by atoms with Crippen molar-refractivity contribution in [3.63, 3.8) is 0 Å². The summed E-state index contributed by atoms with van der Waals surface area (Å²) in [5, 5.41) is 13.0. The van der Waals surface area contributed by atoms with E-state index in [9.17, 15) is 23.1 Å². The highest BCUT2D eigenvalue weighted by atomic mass is 79.9. The van der Waals surface area contributed by atoms with Gasteiger partial charge in [0.15, 0.2) is 0 Å². The molecule has 5 nitrogen and oxygen atoms in total. The Balaban J connectivity index is 2.27. The summed E-state index contributed by atoms with van der Waals surface area (Å²) < 4.78 is 50.9. The number of rotatable bonds is 5. The summed E-state index contributed by atoms with van der Waals surface area (Å²) in [6.07, 6.45) is -6.50. The second-order valence-corrected chi connectivity index (χ2v) is 6.24. The Labute approximate surface area is 145 Å². The Bertz CT molecular complexity index is 581. The molecular formula is C15H17BrF3NO4. The Hall–Kier alpha value is -1.32. The topological polar surface area (TPSA) is 67.8 Å². The van der Waals surface area contributed by atoms with Crippen molar-refractivity contribution in [2.45, 2.75) is 31.3 Å². The predicted octanol–water partition coefficient (Wildman–Crippen LogP) is 3.08. The third-order valence-corrected chi connectivity index (χ3v) is 4.33. The van der Waals surface area contributed by atoms with Gasteiger partial charge >= 0.3 is 12.1 Å². The van der Waals surface area contributed by atoms with Crippen LogP contribution in [-0.2, 0) is 14.3 Å². The molecule has 0 saturated carbocycles. The predicted molar refractivity (Wildman–Crippen MR) is 83.2 cm³/mol. The number of aliphatic hydroxyl groups is 1. The van der Waals surface area contributed by atoms with E-state index < -0.39 is 29.9 Å². The monoisotopic (exact) mass is 411 g/mol. The van der Waals surface area contributed by atoms with Crippen LogP contribution in [0.15, 0.2) is 28.7 Å². The van der Waals surface area contributed by atoms with Crippen molar-refractivity contribution >= 4 is 27.6 Å². The van der Waals surface area contributed by atoms with E-state index in [0.29, 0.717) is 5.69 Å². The fraction of sp³-hybridized carbons (Fsp3) is 0.533. The molecule has 24 heavy (non-hydrogen) atoms. The summed E-state index contributed by atoms with van der Waals surface area (Å²) in [4.78, 5) is 11.9. The summed E-state index contributed by atoms with van der Waals surface area (Å²) in [5.41, 5.74) is -3.13. The van der Waals surface area contributed by atoms with Gasteiger partial charge in [0.25, 0.3) is 5.60 Å². The Morgan fingerprint density at radius 3 is 2.58 bits per heavy atom. The Morgan fingerprint density at radius 1 is 1.42 bits per heavy atom. The standard InChI is InChI=1S/C15H17BrF3NO4/c1-2-23-13(21)14(22,15(17,18)19)11-7-8-24-12(11)20-10-5-3-9(16)4-6-10/h3-6,11-12,20,22H,2,7-8H2,1H3/t11-,12-,14+/m1/s1. The van der Waals surface area contributed by atoms with Gasteiger partial charge in [-0.05, 0) is 37.6 Å². The van der Waals surface area contributed by atoms with Gasteiger partial charge in [0.05, 0.1) is 12.5 Å². The minimum Gasteiger partial charge on any atom is -0.464 e. The zero-order valence-corrected chi connectivity index (χ0v) is 14.4. The number of halogens is 4. The number of hydrogen-bond acceptors (Lipinski definition) is 5. The molecule has 9 heteroatoms. The minimum absolute atomic E-state index is 0.0172. The van der Waals surface area contributed by atoms with E-state index in [1.165, 1.54) is 6.92 Å². The van der Waals surface area contributed by atoms with E-state index in [-0.39, 0.29) is 19.6 Å². The van der Waals surface area contributed by atoms with Crippen molar-refractivity contribution in [3.05, 3.63) is 28.7 Å². The third-order valence-electron chi connectivity index (χ3n) is 3.80. The SMILES string of the molecule is CCOC(=O)[C@@](O)([C@@H]1CCO[C@H]1Nc1ccc(Br)cc1)C(F)(F)F. The van der Waals surface area contributed by atoms with Crippen molar-refractivity contribution in [2.24, 2.45) is 5.92 Å². The third kappa shape index (κ3) is 3.68. The molecule has 2 N–H and O–H groups in total. The summed E-state index contributed by atoms with van der Waals surface area (Å²) in [6.45, 7) is 1.09. The van der Waals surface area contributed by atoms with Gasteiger partial charge < -0.3 is 19.9 Å². The second kappa shape index (κ2) is 7.28. The highest BCUT2D eigenvalue weighted by Crippen LogP contribution is 2.43. The second-order valence-electron chi connectivity index (χ2n) is 5.32. The Morgan fingerprint density at radius 2 is 2.04 bits per heavy atom. The number of hydrogen-bond donors (Lipinski definition) is 2. The number of ether oxygens (including phenoxy) is 2. The molecule has 0 aromatic heterocycles. The fourth-order valence-electron chi connectivity index (χ4n) is 2.59. The number of anilines is 1. The molecule has 134 valence electrons. The highest BCUT2D eigenvalue weighted by Gasteiger charge is 2.67. The number of nitrogens with one attached hydrogen (secondary N) is 1. The number of esters is 1. The summed E-state index contributed by atoms with van der Waals surface area (Å²) in [5.74, 6) is -3.24. The van der Waals surface area contributed by atoms with E-state index in [0.717, 1.165) is 4.47 Å². The maximum absolute atomic E-state index is 13.5. The zero-order chi connectivity index (χ0) is 18.0. The van der Waals surface area contributed by atoms with Gasteiger partial charge in [0, 0.05) is 16.8 Å². The summed E-state index contributed by atoms with van der Waals surface area (Å²) in [6, 6.07) is 6.68. The number of benzene rings is 1. The summed E-state index contributed by atoms with van der Waals surface area (Å²) in [7, 11) is 0. The molecular weight excluding hydrogens is 395 g/mol. The maximum Gasteiger partial charge on any atom is 0.428 e. The lowest BCUT2D eigenvalue weighted by Gasteiger charge is -2.35.